The molecule has 0 fully saturated rings. The van der Waals surface area contributed by atoms with Gasteiger partial charge in [0.25, 0.3) is 5.56 Å². The molecule has 0 atom stereocenters. The maximum Gasteiger partial charge on any atom is 0.250 e. The first-order valence-electron chi connectivity index (χ1n) is 4.28. The van der Waals surface area contributed by atoms with Crippen molar-refractivity contribution in [3.8, 4) is 0 Å². The highest BCUT2D eigenvalue weighted by atomic mass is 16.1. The van der Waals surface area contributed by atoms with Gasteiger partial charge in [0.05, 0.1) is 0 Å². The average Bonchev–Trinajstić information content (AvgIpc) is 2.17. The Labute approximate surface area is 77.5 Å². The standard InChI is InChI=1S/C10H14N2O/c1-2-3-6-12-8-9(7-11)4-5-10(12)13/h2-5,8H,6-7,11H2,1H3/b3-2+. The molecule has 0 unspecified atom stereocenters. The van der Waals surface area contributed by atoms with E-state index in [0.717, 1.165) is 5.56 Å². The molecule has 13 heavy (non-hydrogen) atoms. The molecule has 0 saturated heterocycles. The molecule has 1 rings (SSSR count). The molecule has 70 valence electrons. The fraction of sp³-hybridized carbons (Fsp3) is 0.300. The Bertz CT molecular complexity index is 352. The lowest BCUT2D eigenvalue weighted by Crippen LogP contribution is -2.18. The molecule has 0 aliphatic carbocycles. The first-order chi connectivity index (χ1) is 6.27. The van der Waals surface area contributed by atoms with E-state index < -0.39 is 0 Å². The highest BCUT2D eigenvalue weighted by molar-refractivity contribution is 5.09. The van der Waals surface area contributed by atoms with Gasteiger partial charge in [0.2, 0.25) is 0 Å². The normalized spacial score (nSPS) is 10.9. The van der Waals surface area contributed by atoms with Crippen LogP contribution in [0.4, 0.5) is 0 Å². The van der Waals surface area contributed by atoms with Gasteiger partial charge in [-0.1, -0.05) is 18.2 Å². The molecule has 0 saturated carbocycles. The van der Waals surface area contributed by atoms with Crippen molar-refractivity contribution in [1.82, 2.24) is 4.57 Å². The zero-order chi connectivity index (χ0) is 9.68. The van der Waals surface area contributed by atoms with Crippen molar-refractivity contribution in [2.24, 2.45) is 5.73 Å². The van der Waals surface area contributed by atoms with Gasteiger partial charge in [-0.25, -0.2) is 0 Å². The van der Waals surface area contributed by atoms with Gasteiger partial charge in [-0.15, -0.1) is 0 Å². The Morgan fingerprint density at radius 1 is 1.54 bits per heavy atom. The fourth-order valence-electron chi connectivity index (χ4n) is 1.06. The first kappa shape index (κ1) is 9.74. The van der Waals surface area contributed by atoms with Gasteiger partial charge >= 0.3 is 0 Å². The number of rotatable bonds is 3. The van der Waals surface area contributed by atoms with Crippen molar-refractivity contribution in [2.45, 2.75) is 20.0 Å². The van der Waals surface area contributed by atoms with E-state index in [1.54, 1.807) is 22.9 Å². The minimum atomic E-state index is 0.00954. The lowest BCUT2D eigenvalue weighted by molar-refractivity contribution is 0.765. The number of pyridine rings is 1. The topological polar surface area (TPSA) is 48.0 Å². The summed E-state index contributed by atoms with van der Waals surface area (Å²) in [6.45, 7) is 3.01. The van der Waals surface area contributed by atoms with Crippen LogP contribution in [0, 0.1) is 0 Å². The Morgan fingerprint density at radius 2 is 2.31 bits per heavy atom. The largest absolute Gasteiger partial charge is 0.326 e. The van der Waals surface area contributed by atoms with Crippen LogP contribution in [-0.2, 0) is 13.1 Å². The van der Waals surface area contributed by atoms with E-state index >= 15 is 0 Å². The average molecular weight is 178 g/mol. The lowest BCUT2D eigenvalue weighted by Gasteiger charge is -2.03. The SMILES string of the molecule is C/C=C/Cn1cc(CN)ccc1=O. The molecule has 0 aliphatic rings. The number of hydrogen-bond donors (Lipinski definition) is 1. The molecule has 0 radical (unpaired) electrons. The van der Waals surface area contributed by atoms with Crippen LogP contribution in [0.5, 0.6) is 0 Å². The van der Waals surface area contributed by atoms with Crippen molar-refractivity contribution in [2.75, 3.05) is 0 Å². The second-order valence-electron chi connectivity index (χ2n) is 2.80. The molecule has 0 aromatic carbocycles. The van der Waals surface area contributed by atoms with E-state index in [-0.39, 0.29) is 5.56 Å². The number of allylic oxidation sites excluding steroid dienone is 2. The van der Waals surface area contributed by atoms with E-state index in [1.165, 1.54) is 0 Å². The Hall–Kier alpha value is -1.35. The molecule has 2 N–H and O–H groups in total. The highest BCUT2D eigenvalue weighted by Gasteiger charge is 1.94. The predicted molar refractivity (Wildman–Crippen MR) is 53.4 cm³/mol. The quantitative estimate of drug-likeness (QED) is 0.698. The maximum atomic E-state index is 11.3. The van der Waals surface area contributed by atoms with Crippen molar-refractivity contribution in [3.63, 3.8) is 0 Å². The highest BCUT2D eigenvalue weighted by Crippen LogP contribution is 1.93. The van der Waals surface area contributed by atoms with E-state index in [9.17, 15) is 4.79 Å². The minimum absolute atomic E-state index is 0.00954. The molecule has 0 aliphatic heterocycles. The van der Waals surface area contributed by atoms with Crippen LogP contribution in [-0.4, -0.2) is 4.57 Å². The summed E-state index contributed by atoms with van der Waals surface area (Å²) < 4.78 is 1.64. The van der Waals surface area contributed by atoms with Crippen LogP contribution in [0.1, 0.15) is 12.5 Å². The molecular weight excluding hydrogens is 164 g/mol. The van der Waals surface area contributed by atoms with Crippen LogP contribution in [0.3, 0.4) is 0 Å². The van der Waals surface area contributed by atoms with Gasteiger partial charge < -0.3 is 10.3 Å². The third-order valence-electron chi connectivity index (χ3n) is 1.82. The fourth-order valence-corrected chi connectivity index (χ4v) is 1.06. The van der Waals surface area contributed by atoms with Crippen LogP contribution >= 0.6 is 0 Å². The van der Waals surface area contributed by atoms with Gasteiger partial charge in [-0.05, 0) is 12.5 Å². The summed E-state index contributed by atoms with van der Waals surface area (Å²) in [5.74, 6) is 0. The molecule has 1 heterocycles. The van der Waals surface area contributed by atoms with Crippen molar-refractivity contribution >= 4 is 0 Å². The van der Waals surface area contributed by atoms with E-state index in [4.69, 9.17) is 5.73 Å². The number of nitrogens with zero attached hydrogens (tertiary/aromatic N) is 1. The van der Waals surface area contributed by atoms with Crippen LogP contribution < -0.4 is 11.3 Å². The van der Waals surface area contributed by atoms with Crippen molar-refractivity contribution in [3.05, 3.63) is 46.4 Å². The third-order valence-corrected chi connectivity index (χ3v) is 1.82. The second kappa shape index (κ2) is 4.62. The number of aromatic nitrogens is 1. The van der Waals surface area contributed by atoms with Crippen molar-refractivity contribution < 1.29 is 0 Å². The summed E-state index contributed by atoms with van der Waals surface area (Å²) in [4.78, 5) is 11.3. The Balaban J connectivity index is 2.97. The summed E-state index contributed by atoms with van der Waals surface area (Å²) in [7, 11) is 0. The van der Waals surface area contributed by atoms with Crippen molar-refractivity contribution in [1.29, 1.82) is 0 Å². The van der Waals surface area contributed by atoms with Crippen LogP contribution in [0.25, 0.3) is 0 Å². The van der Waals surface area contributed by atoms with E-state index in [0.29, 0.717) is 13.1 Å². The summed E-state index contributed by atoms with van der Waals surface area (Å²) in [5.41, 5.74) is 6.45. The van der Waals surface area contributed by atoms with Crippen LogP contribution in [0.15, 0.2) is 35.3 Å². The first-order valence-corrected chi connectivity index (χ1v) is 4.28. The Morgan fingerprint density at radius 3 is 2.92 bits per heavy atom. The smallest absolute Gasteiger partial charge is 0.250 e. The van der Waals surface area contributed by atoms with Gasteiger partial charge in [-0.2, -0.15) is 0 Å². The molecule has 1 aromatic heterocycles. The van der Waals surface area contributed by atoms with Gasteiger partial charge in [0.15, 0.2) is 0 Å². The second-order valence-corrected chi connectivity index (χ2v) is 2.80. The Kier molecular flexibility index (Phi) is 3.46. The molecule has 0 bridgehead atoms. The minimum Gasteiger partial charge on any atom is -0.326 e. The van der Waals surface area contributed by atoms with Gasteiger partial charge in [0, 0.05) is 25.4 Å². The molecule has 3 nitrogen and oxygen atoms in total. The summed E-state index contributed by atoms with van der Waals surface area (Å²) in [6.07, 6.45) is 5.64. The summed E-state index contributed by atoms with van der Waals surface area (Å²) >= 11 is 0. The van der Waals surface area contributed by atoms with Gasteiger partial charge in [-0.3, -0.25) is 4.79 Å². The van der Waals surface area contributed by atoms with Gasteiger partial charge in [0.1, 0.15) is 0 Å². The molecule has 0 amide bonds. The van der Waals surface area contributed by atoms with E-state index in [1.807, 2.05) is 19.1 Å². The summed E-state index contributed by atoms with van der Waals surface area (Å²) in [5, 5.41) is 0. The third kappa shape index (κ3) is 2.56. The predicted octanol–water partition coefficient (Wildman–Crippen LogP) is 0.883. The zero-order valence-electron chi connectivity index (χ0n) is 7.73. The maximum absolute atomic E-state index is 11.3. The summed E-state index contributed by atoms with van der Waals surface area (Å²) in [6, 6.07) is 3.31. The zero-order valence-corrected chi connectivity index (χ0v) is 7.73. The number of hydrogen-bond acceptors (Lipinski definition) is 2. The van der Waals surface area contributed by atoms with E-state index in [2.05, 4.69) is 0 Å². The number of nitrogens with two attached hydrogens (primary N) is 1. The van der Waals surface area contributed by atoms with Crippen LogP contribution in [0.2, 0.25) is 0 Å². The monoisotopic (exact) mass is 178 g/mol. The molecule has 0 spiro atoms. The molecular formula is C10H14N2O. The molecule has 1 aromatic rings. The molecule has 3 heteroatoms. The lowest BCUT2D eigenvalue weighted by atomic mass is 10.3.